The molecular weight excluding hydrogens is 320 g/mol. The summed E-state index contributed by atoms with van der Waals surface area (Å²) in [6.45, 7) is 0. The molecule has 3 N–H and O–H groups in total. The van der Waals surface area contributed by atoms with Gasteiger partial charge in [0.25, 0.3) is 0 Å². The number of hydrogen-bond donors (Lipinski definition) is 3. The highest BCUT2D eigenvalue weighted by Crippen LogP contribution is 2.48. The predicted molar refractivity (Wildman–Crippen MR) is 89.6 cm³/mol. The molecule has 0 fully saturated rings. The van der Waals surface area contributed by atoms with Gasteiger partial charge in [-0.3, -0.25) is 0 Å². The number of ether oxygens (including phenoxy) is 1. The van der Waals surface area contributed by atoms with Crippen molar-refractivity contribution in [3.63, 3.8) is 0 Å². The molecule has 0 spiro atoms. The van der Waals surface area contributed by atoms with Gasteiger partial charge in [-0.2, -0.15) is 0 Å². The van der Waals surface area contributed by atoms with Crippen molar-refractivity contribution in [1.82, 2.24) is 0 Å². The van der Waals surface area contributed by atoms with Crippen LogP contribution < -0.4 is 0 Å². The van der Waals surface area contributed by atoms with E-state index >= 15 is 0 Å². The lowest BCUT2D eigenvalue weighted by molar-refractivity contribution is 0.0250. The zero-order valence-corrected chi connectivity index (χ0v) is 13.0. The number of phenols is 3. The van der Waals surface area contributed by atoms with Gasteiger partial charge >= 0.3 is 5.97 Å². The SMILES string of the molecule is O=C1OC(c2ccc(O)cc2)(c2ccc(O)c(O)c2)c2ccccc21. The molecule has 124 valence electrons. The molecular formula is C20H14O5. The minimum Gasteiger partial charge on any atom is -0.508 e. The standard InChI is InChI=1S/C20H14O5/c21-14-8-5-12(6-9-14)20(13-7-10-17(22)18(23)11-13)16-4-2-1-3-15(16)19(24)25-20/h1-11,21-23H. The number of carbonyl (C=O) groups is 1. The first-order chi connectivity index (χ1) is 12.0. The van der Waals surface area contributed by atoms with Crippen LogP contribution in [0.4, 0.5) is 0 Å². The van der Waals surface area contributed by atoms with Crippen LogP contribution in [0.2, 0.25) is 0 Å². The van der Waals surface area contributed by atoms with Crippen molar-refractivity contribution in [3.8, 4) is 17.2 Å². The maximum Gasteiger partial charge on any atom is 0.340 e. The van der Waals surface area contributed by atoms with Gasteiger partial charge in [0.05, 0.1) is 5.56 Å². The minimum atomic E-state index is -1.27. The van der Waals surface area contributed by atoms with Gasteiger partial charge in [0, 0.05) is 16.7 Å². The van der Waals surface area contributed by atoms with Crippen LogP contribution in [0.25, 0.3) is 0 Å². The Bertz CT molecular complexity index is 978. The first-order valence-electron chi connectivity index (χ1n) is 7.67. The number of carbonyl (C=O) groups excluding carboxylic acids is 1. The second kappa shape index (κ2) is 5.27. The summed E-state index contributed by atoms with van der Waals surface area (Å²) in [7, 11) is 0. The van der Waals surface area contributed by atoms with Crippen LogP contribution in [0.15, 0.2) is 66.7 Å². The maximum atomic E-state index is 12.5. The van der Waals surface area contributed by atoms with Crippen LogP contribution in [-0.4, -0.2) is 21.3 Å². The van der Waals surface area contributed by atoms with Gasteiger partial charge in [-0.25, -0.2) is 4.79 Å². The lowest BCUT2D eigenvalue weighted by atomic mass is 9.80. The first-order valence-corrected chi connectivity index (χ1v) is 7.67. The van der Waals surface area contributed by atoms with Gasteiger partial charge in [0.15, 0.2) is 17.1 Å². The second-order valence-electron chi connectivity index (χ2n) is 5.87. The number of benzene rings is 3. The Kier molecular flexibility index (Phi) is 3.18. The largest absolute Gasteiger partial charge is 0.508 e. The normalized spacial score (nSPS) is 18.6. The van der Waals surface area contributed by atoms with E-state index in [1.54, 1.807) is 42.5 Å². The number of cyclic esters (lactones) is 1. The monoisotopic (exact) mass is 334 g/mol. The summed E-state index contributed by atoms with van der Waals surface area (Å²) in [5.41, 5.74) is 0.909. The number of fused-ring (bicyclic) bond motifs is 1. The summed E-state index contributed by atoms with van der Waals surface area (Å²) in [4.78, 5) is 12.5. The molecule has 25 heavy (non-hydrogen) atoms. The third-order valence-corrected chi connectivity index (χ3v) is 4.43. The van der Waals surface area contributed by atoms with Gasteiger partial charge in [-0.1, -0.05) is 36.4 Å². The number of phenolic OH excluding ortho intramolecular Hbond substituents is 3. The van der Waals surface area contributed by atoms with E-state index in [-0.39, 0.29) is 17.2 Å². The molecule has 1 atom stereocenters. The molecule has 0 radical (unpaired) electrons. The van der Waals surface area contributed by atoms with Crippen molar-refractivity contribution >= 4 is 5.97 Å². The Balaban J connectivity index is 2.05. The molecule has 5 nitrogen and oxygen atoms in total. The van der Waals surface area contributed by atoms with Gasteiger partial charge in [0.2, 0.25) is 0 Å². The minimum absolute atomic E-state index is 0.0880. The molecule has 0 bridgehead atoms. The van der Waals surface area contributed by atoms with Crippen LogP contribution >= 0.6 is 0 Å². The molecule has 1 heterocycles. The molecule has 3 aromatic carbocycles. The van der Waals surface area contributed by atoms with E-state index in [0.29, 0.717) is 22.3 Å². The van der Waals surface area contributed by atoms with E-state index in [0.717, 1.165) is 0 Å². The Morgan fingerprint density at radius 3 is 2.16 bits per heavy atom. The smallest absolute Gasteiger partial charge is 0.340 e. The Labute approximate surface area is 143 Å². The molecule has 0 saturated carbocycles. The average molecular weight is 334 g/mol. The van der Waals surface area contributed by atoms with E-state index < -0.39 is 11.6 Å². The molecule has 0 saturated heterocycles. The van der Waals surface area contributed by atoms with Crippen LogP contribution in [0.1, 0.15) is 27.0 Å². The molecule has 5 heteroatoms. The zero-order valence-electron chi connectivity index (χ0n) is 13.0. The highest BCUT2D eigenvalue weighted by atomic mass is 16.6. The van der Waals surface area contributed by atoms with Crippen molar-refractivity contribution in [2.24, 2.45) is 0 Å². The topological polar surface area (TPSA) is 87.0 Å². The molecule has 1 unspecified atom stereocenters. The van der Waals surface area contributed by atoms with Gasteiger partial charge < -0.3 is 20.1 Å². The quantitative estimate of drug-likeness (QED) is 0.495. The Hall–Kier alpha value is -3.47. The summed E-state index contributed by atoms with van der Waals surface area (Å²) < 4.78 is 5.81. The van der Waals surface area contributed by atoms with E-state index in [9.17, 15) is 20.1 Å². The second-order valence-corrected chi connectivity index (χ2v) is 5.87. The molecule has 0 amide bonds. The average Bonchev–Trinajstić information content (AvgIpc) is 2.92. The highest BCUT2D eigenvalue weighted by Gasteiger charge is 2.48. The van der Waals surface area contributed by atoms with Crippen molar-refractivity contribution in [2.45, 2.75) is 5.60 Å². The molecule has 3 aromatic rings. The highest BCUT2D eigenvalue weighted by molar-refractivity contribution is 5.96. The summed E-state index contributed by atoms with van der Waals surface area (Å²) in [5.74, 6) is -0.959. The summed E-state index contributed by atoms with van der Waals surface area (Å²) in [6, 6.07) is 17.7. The molecule has 1 aliphatic heterocycles. The summed E-state index contributed by atoms with van der Waals surface area (Å²) in [5, 5.41) is 29.2. The van der Waals surface area contributed by atoms with E-state index in [1.165, 1.54) is 24.3 Å². The van der Waals surface area contributed by atoms with Gasteiger partial charge in [-0.05, 0) is 30.3 Å². The van der Waals surface area contributed by atoms with Crippen LogP contribution in [0.5, 0.6) is 17.2 Å². The summed E-state index contributed by atoms with van der Waals surface area (Å²) in [6.07, 6.45) is 0. The first kappa shape index (κ1) is 15.1. The van der Waals surface area contributed by atoms with E-state index in [1.807, 2.05) is 0 Å². The number of rotatable bonds is 2. The number of aromatic hydroxyl groups is 3. The van der Waals surface area contributed by atoms with Gasteiger partial charge in [0.1, 0.15) is 5.75 Å². The molecule has 4 rings (SSSR count). The Morgan fingerprint density at radius 2 is 1.44 bits per heavy atom. The third kappa shape index (κ3) is 2.13. The van der Waals surface area contributed by atoms with Crippen molar-refractivity contribution < 1.29 is 24.9 Å². The predicted octanol–water partition coefficient (Wildman–Crippen LogP) is 3.27. The number of esters is 1. The zero-order chi connectivity index (χ0) is 17.6. The fourth-order valence-corrected chi connectivity index (χ4v) is 3.25. The van der Waals surface area contributed by atoms with E-state index in [4.69, 9.17) is 4.74 Å². The fourth-order valence-electron chi connectivity index (χ4n) is 3.25. The Morgan fingerprint density at radius 1 is 0.760 bits per heavy atom. The van der Waals surface area contributed by atoms with Crippen LogP contribution in [0, 0.1) is 0 Å². The molecule has 0 aromatic heterocycles. The lowest BCUT2D eigenvalue weighted by Crippen LogP contribution is -2.29. The van der Waals surface area contributed by atoms with Crippen molar-refractivity contribution in [1.29, 1.82) is 0 Å². The number of hydrogen-bond acceptors (Lipinski definition) is 5. The summed E-state index contributed by atoms with van der Waals surface area (Å²) >= 11 is 0. The van der Waals surface area contributed by atoms with Crippen molar-refractivity contribution in [2.75, 3.05) is 0 Å². The molecule has 0 aliphatic carbocycles. The maximum absolute atomic E-state index is 12.5. The van der Waals surface area contributed by atoms with Gasteiger partial charge in [-0.15, -0.1) is 0 Å². The van der Waals surface area contributed by atoms with Crippen LogP contribution in [0.3, 0.4) is 0 Å². The van der Waals surface area contributed by atoms with Crippen LogP contribution in [-0.2, 0) is 10.3 Å². The third-order valence-electron chi connectivity index (χ3n) is 4.43. The lowest BCUT2D eigenvalue weighted by Gasteiger charge is -2.30. The molecule has 1 aliphatic rings. The van der Waals surface area contributed by atoms with Crippen molar-refractivity contribution in [3.05, 3.63) is 89.0 Å². The fraction of sp³-hybridized carbons (Fsp3) is 0.0500. The van der Waals surface area contributed by atoms with E-state index in [2.05, 4.69) is 0 Å².